The summed E-state index contributed by atoms with van der Waals surface area (Å²) >= 11 is 0. The van der Waals surface area contributed by atoms with E-state index in [9.17, 15) is 0 Å². The molecule has 24 rings (SSSR count). The number of pyridine rings is 8. The largest absolute Gasteiger partial charge is 0.501 e. The van der Waals surface area contributed by atoms with Crippen molar-refractivity contribution in [2.75, 3.05) is 0 Å². The van der Waals surface area contributed by atoms with Gasteiger partial charge in [0.15, 0.2) is 0 Å². The maximum absolute atomic E-state index is 6.12. The van der Waals surface area contributed by atoms with Gasteiger partial charge >= 0.3 is 0 Å². The molecule has 0 aliphatic carbocycles. The standard InChI is InChI=1S/C20H16NO.3C18H12NO.3C15H16N.C14H14N.4Ir/c1-12-4-5-19-15(8-12)16-9-14(3)10-17(20(16)22-19)18-11-13(2)6-7-21-18;1-12-8-9-13-14-5-4-6-15(16-7-2-3-10-19-16)18(14)20-17(13)11-12;1-12-9-10-19-16(11-12)15-7-4-6-14-13-5-2-3-8-17(13)20-18(14)15;1-12-9-10-16(19-11-12)15-7-4-6-14-13-5-2-3-8-17(13)20-18(14)15;1-11(2)13-5-7-14(8-6-13)15-9-4-12(3)10-16-15;1-11(2)13-4-6-14(7-5-13)15-10-12(3)8-9-16-15;1-11(2)13-6-8-14(9-7-13)15-12(3)5-4-10-16-15;1-11(2)12-6-8-13(9-7-12)14-5-3-4-10-15-14;;;;/h4-9,11H,1-3H3;2-5,7-11H,1H3;2*2-6,8-11H,1H3;4-7,9-11H,1-3H3;4-6,8-11H,1-3H3;4-8,10-11H,1-3H3;3-8,10-11H,1-2H3;;;;/q8*-1;;;;. The fourth-order valence-electron chi connectivity index (χ4n) is 16.9. The Balaban J connectivity index is 0.000000142. The first-order valence-corrected chi connectivity index (χ1v) is 49.2. The first kappa shape index (κ1) is 112. The average molecular weight is 2660 g/mol. The smallest absolute Gasteiger partial charge is 0.121 e. The van der Waals surface area contributed by atoms with Crippen molar-refractivity contribution in [1.29, 1.82) is 0 Å². The number of aromatic nitrogens is 8. The van der Waals surface area contributed by atoms with E-state index in [1.807, 2.05) is 203 Å². The second-order valence-corrected chi connectivity index (χ2v) is 37.7. The Morgan fingerprint density at radius 3 is 1.02 bits per heavy atom. The van der Waals surface area contributed by atoms with Crippen LogP contribution in [0.5, 0.6) is 0 Å². The van der Waals surface area contributed by atoms with Gasteiger partial charge in [0, 0.05) is 152 Å². The van der Waals surface area contributed by atoms with Crippen LogP contribution >= 0.6 is 0 Å². The zero-order valence-corrected chi connectivity index (χ0v) is 96.0. The third kappa shape index (κ3) is 27.8. The van der Waals surface area contributed by atoms with Crippen molar-refractivity contribution < 1.29 is 98.1 Å². The molecule has 4 radical (unpaired) electrons. The van der Waals surface area contributed by atoms with Crippen LogP contribution < -0.4 is 0 Å². The number of hydrogen-bond donors (Lipinski definition) is 0. The van der Waals surface area contributed by atoms with Crippen LogP contribution in [0.2, 0.25) is 0 Å². The molecule has 149 heavy (non-hydrogen) atoms. The summed E-state index contributed by atoms with van der Waals surface area (Å²) in [5.41, 5.74) is 38.4. The fraction of sp³-hybridized carbons (Fsp3) is 0.158. The molecule has 16 heteroatoms. The van der Waals surface area contributed by atoms with E-state index < -0.39 is 0 Å². The van der Waals surface area contributed by atoms with Crippen LogP contribution in [0.4, 0.5) is 0 Å². The van der Waals surface area contributed by atoms with Gasteiger partial charge in [-0.2, -0.15) is 0 Å². The zero-order chi connectivity index (χ0) is 101. The molecule has 754 valence electrons. The number of rotatable bonds is 12. The van der Waals surface area contributed by atoms with Gasteiger partial charge in [0.1, 0.15) is 22.3 Å². The SMILES string of the molecule is CC(C)c1c[c-]c(-c2ccccn2)cc1.Cc1[c-]c(-c2cc(C)ccn2)c2oc3ccc(C)cc3c2c1.Cc1ccc(-c2[c-]cc(C(C)C)cc2)nc1.Cc1ccc(-c2[c-]ccc3c2oc2ccccc23)nc1.Cc1ccc2c(c1)oc1c(-c3ccccn3)[c-]ccc12.Cc1cccnc1-c1[c-]cc(C(C)C)cc1.Cc1ccnc(-c2[c-]cc(C(C)C)cc2)c1.Cc1ccnc(-c2[c-]ccc3c2oc2ccccc23)c1.[Ir].[Ir].[Ir].[Ir]. The van der Waals surface area contributed by atoms with Crippen molar-refractivity contribution in [3.05, 3.63) is 480 Å². The summed E-state index contributed by atoms with van der Waals surface area (Å²) < 4.78 is 24.2. The Labute approximate surface area is 928 Å². The first-order chi connectivity index (χ1) is 70.4. The summed E-state index contributed by atoms with van der Waals surface area (Å²) in [6, 6.07) is 131. The Morgan fingerprint density at radius 1 is 0.221 bits per heavy atom. The van der Waals surface area contributed by atoms with Gasteiger partial charge in [0.05, 0.1) is 22.3 Å². The van der Waals surface area contributed by atoms with Crippen molar-refractivity contribution in [2.45, 2.75) is 141 Å². The quantitative estimate of drug-likeness (QED) is 0.107. The minimum atomic E-state index is 0. The van der Waals surface area contributed by atoms with Crippen molar-refractivity contribution in [2.24, 2.45) is 0 Å². The second kappa shape index (κ2) is 52.5. The third-order valence-electron chi connectivity index (χ3n) is 25.1. The Morgan fingerprint density at radius 2 is 0.577 bits per heavy atom. The molecule has 0 amide bonds. The van der Waals surface area contributed by atoms with E-state index in [-0.39, 0.29) is 80.4 Å². The monoisotopic (exact) mass is 2660 g/mol. The third-order valence-corrected chi connectivity index (χ3v) is 25.1. The molecular weight excluding hydrogens is 2540 g/mol. The number of para-hydroxylation sites is 2. The molecule has 24 aromatic rings. The number of aryl methyl sites for hydroxylation is 9. The molecule has 0 aliphatic heterocycles. The molecule has 0 atom stereocenters. The zero-order valence-electron chi connectivity index (χ0n) is 86.4. The number of nitrogens with zero attached hydrogens (tertiary/aromatic N) is 8. The van der Waals surface area contributed by atoms with Gasteiger partial charge in [-0.05, 0) is 184 Å². The van der Waals surface area contributed by atoms with Crippen LogP contribution in [-0.4, -0.2) is 39.9 Å². The average Bonchev–Trinajstić information content (AvgIpc) is 1.64. The van der Waals surface area contributed by atoms with E-state index in [0.717, 1.165) is 189 Å². The minimum absolute atomic E-state index is 0. The molecule has 0 aliphatic rings. The topological polar surface area (TPSA) is 156 Å². The molecule has 12 heterocycles. The normalized spacial score (nSPS) is 10.7. The molecule has 0 unspecified atom stereocenters. The van der Waals surface area contributed by atoms with Crippen LogP contribution in [0.1, 0.15) is 151 Å². The van der Waals surface area contributed by atoms with Gasteiger partial charge in [-0.1, -0.05) is 285 Å². The van der Waals surface area contributed by atoms with E-state index >= 15 is 0 Å². The molecule has 0 bridgehead atoms. The molecule has 0 saturated carbocycles. The maximum atomic E-state index is 6.12. The van der Waals surface area contributed by atoms with E-state index in [0.29, 0.717) is 23.7 Å². The summed E-state index contributed by atoms with van der Waals surface area (Å²) in [5, 5.41) is 9.01. The minimum Gasteiger partial charge on any atom is -0.501 e. The Bertz CT molecular complexity index is 8520. The predicted octanol–water partition coefficient (Wildman–Crippen LogP) is 35.2. The predicted molar refractivity (Wildman–Crippen MR) is 596 cm³/mol. The van der Waals surface area contributed by atoms with Crippen LogP contribution in [0.3, 0.4) is 0 Å². The van der Waals surface area contributed by atoms with E-state index in [1.165, 1.54) is 61.2 Å². The number of hydrogen-bond acceptors (Lipinski definition) is 12. The van der Waals surface area contributed by atoms with Crippen LogP contribution in [0.15, 0.2) is 377 Å². The second-order valence-electron chi connectivity index (χ2n) is 37.7. The molecule has 12 aromatic carbocycles. The van der Waals surface area contributed by atoms with Gasteiger partial charge in [0.2, 0.25) is 0 Å². The van der Waals surface area contributed by atoms with Crippen LogP contribution in [0.25, 0.3) is 178 Å². The van der Waals surface area contributed by atoms with Gasteiger partial charge in [-0.3, -0.25) is 0 Å². The molecule has 0 spiro atoms. The van der Waals surface area contributed by atoms with Crippen molar-refractivity contribution >= 4 is 87.8 Å². The van der Waals surface area contributed by atoms with Crippen LogP contribution in [0, 0.1) is 111 Å². The Kier molecular flexibility index (Phi) is 39.4. The summed E-state index contributed by atoms with van der Waals surface area (Å²) in [4.78, 5) is 35.2. The number of furan rings is 4. The molecule has 12 nitrogen and oxygen atoms in total. The van der Waals surface area contributed by atoms with Crippen LogP contribution in [-0.2, 0) is 80.4 Å². The van der Waals surface area contributed by atoms with Gasteiger partial charge < -0.3 is 57.5 Å². The summed E-state index contributed by atoms with van der Waals surface area (Å²) in [5.74, 6) is 2.21. The molecule has 12 aromatic heterocycles. The molecule has 0 N–H and O–H groups in total. The molecule has 0 saturated heterocycles. The fourth-order valence-corrected chi connectivity index (χ4v) is 16.9. The van der Waals surface area contributed by atoms with E-state index in [2.05, 4.69) is 350 Å². The Hall–Kier alpha value is -14.4. The number of benzene rings is 12. The van der Waals surface area contributed by atoms with Crippen molar-refractivity contribution in [1.82, 2.24) is 39.9 Å². The summed E-state index contributed by atoms with van der Waals surface area (Å²) in [6.07, 6.45) is 14.7. The van der Waals surface area contributed by atoms with E-state index in [4.69, 9.17) is 17.7 Å². The van der Waals surface area contributed by atoms with Gasteiger partial charge in [0.25, 0.3) is 0 Å². The molecular formula is C133H114Ir4N8O4-8. The van der Waals surface area contributed by atoms with E-state index in [1.54, 1.807) is 12.4 Å². The van der Waals surface area contributed by atoms with Gasteiger partial charge in [-0.25, -0.2) is 0 Å². The van der Waals surface area contributed by atoms with Gasteiger partial charge in [-0.15, -0.1) is 214 Å². The molecule has 0 fully saturated rings. The van der Waals surface area contributed by atoms with Crippen molar-refractivity contribution in [3.63, 3.8) is 0 Å². The summed E-state index contributed by atoms with van der Waals surface area (Å²) in [6.45, 7) is 36.1. The maximum Gasteiger partial charge on any atom is 0.121 e. The summed E-state index contributed by atoms with van der Waals surface area (Å²) in [7, 11) is 0. The number of fused-ring (bicyclic) bond motifs is 12. The van der Waals surface area contributed by atoms with Crippen molar-refractivity contribution in [3.8, 4) is 90.1 Å². The first-order valence-electron chi connectivity index (χ1n) is 49.2.